The van der Waals surface area contributed by atoms with Gasteiger partial charge in [0, 0.05) is 17.7 Å². The van der Waals surface area contributed by atoms with Gasteiger partial charge in [-0.15, -0.1) is 0 Å². The molecule has 146 valence electrons. The predicted octanol–water partition coefficient (Wildman–Crippen LogP) is 5.59. The van der Waals surface area contributed by atoms with Gasteiger partial charge in [-0.25, -0.2) is 8.78 Å². The first-order valence-corrected chi connectivity index (χ1v) is 8.75. The minimum absolute atomic E-state index is 0.00802. The minimum Gasteiger partial charge on any atom is -0.505 e. The zero-order chi connectivity index (χ0) is 20.1. The van der Waals surface area contributed by atoms with E-state index >= 15 is 0 Å². The van der Waals surface area contributed by atoms with Gasteiger partial charge in [0.1, 0.15) is 18.2 Å². The molecule has 0 spiro atoms. The fourth-order valence-corrected chi connectivity index (χ4v) is 2.65. The van der Waals surface area contributed by atoms with Crippen LogP contribution in [0, 0.1) is 17.5 Å². The summed E-state index contributed by atoms with van der Waals surface area (Å²) in [7, 11) is 0. The standard InChI is InChI=1S/C22H19F3O3/c1-2-27-12-16-4-3-15(11-19(16)23)14-5-8-18(9-6-14)28-13-17-7-10-20(26)22(25)21(17)24/h3-11,26H,2,12-13H2,1H3. The molecule has 0 aliphatic heterocycles. The highest BCUT2D eigenvalue weighted by Gasteiger charge is 2.13. The molecule has 0 fully saturated rings. The van der Waals surface area contributed by atoms with Gasteiger partial charge in [0.2, 0.25) is 5.82 Å². The molecule has 0 unspecified atom stereocenters. The van der Waals surface area contributed by atoms with Gasteiger partial charge < -0.3 is 14.6 Å². The molecule has 0 aliphatic carbocycles. The molecule has 3 nitrogen and oxygen atoms in total. The van der Waals surface area contributed by atoms with Gasteiger partial charge in [-0.2, -0.15) is 4.39 Å². The van der Waals surface area contributed by atoms with Crippen LogP contribution < -0.4 is 4.74 Å². The minimum atomic E-state index is -1.30. The van der Waals surface area contributed by atoms with Crippen LogP contribution in [0.4, 0.5) is 13.2 Å². The maximum Gasteiger partial charge on any atom is 0.200 e. The van der Waals surface area contributed by atoms with E-state index in [1.54, 1.807) is 30.3 Å². The Morgan fingerprint density at radius 3 is 2.14 bits per heavy atom. The average molecular weight is 388 g/mol. The first-order valence-electron chi connectivity index (χ1n) is 8.75. The summed E-state index contributed by atoms with van der Waals surface area (Å²) in [6.07, 6.45) is 0. The summed E-state index contributed by atoms with van der Waals surface area (Å²) in [6, 6.07) is 14.1. The molecule has 6 heteroatoms. The van der Waals surface area contributed by atoms with Crippen LogP contribution in [0.2, 0.25) is 0 Å². The van der Waals surface area contributed by atoms with Crippen molar-refractivity contribution in [1.29, 1.82) is 0 Å². The summed E-state index contributed by atoms with van der Waals surface area (Å²) in [5.74, 6) is -3.07. The van der Waals surface area contributed by atoms with E-state index in [9.17, 15) is 13.2 Å². The smallest absolute Gasteiger partial charge is 0.200 e. The Kier molecular flexibility index (Phi) is 6.21. The van der Waals surface area contributed by atoms with E-state index < -0.39 is 17.4 Å². The van der Waals surface area contributed by atoms with Gasteiger partial charge in [-0.05, 0) is 48.4 Å². The summed E-state index contributed by atoms with van der Waals surface area (Å²) in [4.78, 5) is 0. The van der Waals surface area contributed by atoms with E-state index in [0.717, 1.165) is 11.6 Å². The van der Waals surface area contributed by atoms with Gasteiger partial charge in [0.25, 0.3) is 0 Å². The second-order valence-corrected chi connectivity index (χ2v) is 6.13. The molecule has 3 rings (SSSR count). The highest BCUT2D eigenvalue weighted by molar-refractivity contribution is 5.64. The summed E-state index contributed by atoms with van der Waals surface area (Å²) < 4.78 is 52.0. The van der Waals surface area contributed by atoms with Crippen LogP contribution >= 0.6 is 0 Å². The van der Waals surface area contributed by atoms with Gasteiger partial charge in [-0.3, -0.25) is 0 Å². The molecule has 28 heavy (non-hydrogen) atoms. The second kappa shape index (κ2) is 8.80. The number of ether oxygens (including phenoxy) is 2. The van der Waals surface area contributed by atoms with E-state index in [1.807, 2.05) is 13.0 Å². The third kappa shape index (κ3) is 4.46. The van der Waals surface area contributed by atoms with E-state index in [4.69, 9.17) is 14.6 Å². The third-order valence-corrected chi connectivity index (χ3v) is 4.24. The molecule has 0 bridgehead atoms. The van der Waals surface area contributed by atoms with Crippen molar-refractivity contribution >= 4 is 0 Å². The van der Waals surface area contributed by atoms with Crippen molar-refractivity contribution in [3.8, 4) is 22.6 Å². The lowest BCUT2D eigenvalue weighted by Gasteiger charge is -2.10. The molecule has 0 amide bonds. The number of phenols is 1. The first kappa shape index (κ1) is 19.8. The molecule has 0 aromatic heterocycles. The molecule has 0 radical (unpaired) electrons. The van der Waals surface area contributed by atoms with Crippen molar-refractivity contribution in [2.45, 2.75) is 20.1 Å². The van der Waals surface area contributed by atoms with Crippen molar-refractivity contribution in [2.75, 3.05) is 6.61 Å². The van der Waals surface area contributed by atoms with Crippen LogP contribution in [-0.4, -0.2) is 11.7 Å². The van der Waals surface area contributed by atoms with E-state index in [2.05, 4.69) is 0 Å². The number of halogens is 3. The Morgan fingerprint density at radius 2 is 1.46 bits per heavy atom. The molecule has 0 heterocycles. The number of hydrogen-bond acceptors (Lipinski definition) is 3. The van der Waals surface area contributed by atoms with Gasteiger partial charge in [0.05, 0.1) is 6.61 Å². The normalized spacial score (nSPS) is 10.9. The number of aromatic hydroxyl groups is 1. The Hall–Kier alpha value is -2.99. The van der Waals surface area contributed by atoms with Gasteiger partial charge in [-0.1, -0.05) is 24.3 Å². The predicted molar refractivity (Wildman–Crippen MR) is 99.5 cm³/mol. The topological polar surface area (TPSA) is 38.7 Å². The second-order valence-electron chi connectivity index (χ2n) is 6.13. The molecule has 0 atom stereocenters. The molecule has 0 aliphatic rings. The summed E-state index contributed by atoms with van der Waals surface area (Å²) in [5.41, 5.74) is 1.98. The van der Waals surface area contributed by atoms with Gasteiger partial charge >= 0.3 is 0 Å². The monoisotopic (exact) mass is 388 g/mol. The molecule has 0 saturated heterocycles. The number of benzene rings is 3. The van der Waals surface area contributed by atoms with Crippen LogP contribution in [0.25, 0.3) is 11.1 Å². The van der Waals surface area contributed by atoms with Crippen LogP contribution in [0.15, 0.2) is 54.6 Å². The lowest BCUT2D eigenvalue weighted by Crippen LogP contribution is -2.00. The molecule has 3 aromatic carbocycles. The number of phenolic OH excluding ortho intramolecular Hbond substituents is 1. The van der Waals surface area contributed by atoms with E-state index in [-0.39, 0.29) is 24.6 Å². The molecule has 1 N–H and O–H groups in total. The molecule has 0 saturated carbocycles. The fraction of sp³-hybridized carbons (Fsp3) is 0.182. The lowest BCUT2D eigenvalue weighted by molar-refractivity contribution is 0.131. The zero-order valence-electron chi connectivity index (χ0n) is 15.2. The number of hydrogen-bond donors (Lipinski definition) is 1. The third-order valence-electron chi connectivity index (χ3n) is 4.24. The Labute approximate surface area is 161 Å². The molecular formula is C22H19F3O3. The van der Waals surface area contributed by atoms with Gasteiger partial charge in [0.15, 0.2) is 11.6 Å². The van der Waals surface area contributed by atoms with Crippen molar-refractivity contribution in [1.82, 2.24) is 0 Å². The largest absolute Gasteiger partial charge is 0.505 e. The van der Waals surface area contributed by atoms with Crippen molar-refractivity contribution < 1.29 is 27.8 Å². The first-order chi connectivity index (χ1) is 13.5. The SMILES string of the molecule is CCOCc1ccc(-c2ccc(OCc3ccc(O)c(F)c3F)cc2)cc1F. The van der Waals surface area contributed by atoms with E-state index in [1.165, 1.54) is 12.1 Å². The van der Waals surface area contributed by atoms with Crippen LogP contribution in [0.3, 0.4) is 0 Å². The highest BCUT2D eigenvalue weighted by atomic mass is 19.2. The quantitative estimate of drug-likeness (QED) is 0.573. The van der Waals surface area contributed by atoms with Crippen LogP contribution in [0.1, 0.15) is 18.1 Å². The Morgan fingerprint density at radius 1 is 0.786 bits per heavy atom. The zero-order valence-corrected chi connectivity index (χ0v) is 15.2. The summed E-state index contributed by atoms with van der Waals surface area (Å²) in [5, 5.41) is 9.14. The van der Waals surface area contributed by atoms with Crippen LogP contribution in [0.5, 0.6) is 11.5 Å². The van der Waals surface area contributed by atoms with E-state index in [0.29, 0.717) is 23.5 Å². The Balaban J connectivity index is 1.68. The summed E-state index contributed by atoms with van der Waals surface area (Å²) >= 11 is 0. The molecule has 3 aromatic rings. The van der Waals surface area contributed by atoms with Crippen molar-refractivity contribution in [2.24, 2.45) is 0 Å². The highest BCUT2D eigenvalue weighted by Crippen LogP contribution is 2.26. The van der Waals surface area contributed by atoms with Crippen molar-refractivity contribution in [3.05, 3.63) is 83.2 Å². The Bertz CT molecular complexity index is 956. The summed E-state index contributed by atoms with van der Waals surface area (Å²) in [6.45, 7) is 2.40. The fourth-order valence-electron chi connectivity index (χ4n) is 2.65. The maximum atomic E-state index is 14.2. The van der Waals surface area contributed by atoms with Crippen molar-refractivity contribution in [3.63, 3.8) is 0 Å². The maximum absolute atomic E-state index is 14.2. The van der Waals surface area contributed by atoms with Crippen LogP contribution in [-0.2, 0) is 18.0 Å². The average Bonchev–Trinajstić information content (AvgIpc) is 2.71. The number of rotatable bonds is 7. The lowest BCUT2D eigenvalue weighted by atomic mass is 10.0. The molecular weight excluding hydrogens is 369 g/mol.